The molecule has 4 N–H and O–H groups in total. The van der Waals surface area contributed by atoms with E-state index >= 15 is 0 Å². The van der Waals surface area contributed by atoms with Crippen LogP contribution in [-0.4, -0.2) is 76.5 Å². The number of aliphatic hydroxyl groups excluding tert-OH is 2. The van der Waals surface area contributed by atoms with Gasteiger partial charge in [0.25, 0.3) is 11.1 Å². The average Bonchev–Trinajstić information content (AvgIpc) is 3.72. The summed E-state index contributed by atoms with van der Waals surface area (Å²) in [5.41, 5.74) is 6.03. The number of aromatic nitrogens is 6. The number of hydrogen-bond acceptors (Lipinski definition) is 8. The smallest absolute Gasteiger partial charge is 0.276 e. The van der Waals surface area contributed by atoms with E-state index in [1.807, 2.05) is 62.6 Å². The molecule has 0 aliphatic heterocycles. The number of nitrogens with one attached hydrogen (secondary N) is 2. The highest BCUT2D eigenvalue weighted by molar-refractivity contribution is 6.39. The lowest BCUT2D eigenvalue weighted by atomic mass is 9.82. The molecule has 0 unspecified atom stereocenters. The molecule has 12 nitrogen and oxygen atoms in total. The normalized spacial score (nSPS) is 19.9. The van der Waals surface area contributed by atoms with Crippen LogP contribution in [0.3, 0.4) is 0 Å². The number of hydrogen-bond donors (Lipinski definition) is 4. The van der Waals surface area contributed by atoms with E-state index in [1.54, 1.807) is 30.3 Å². The standard InChI is InChI=1S/C39H42Cl2N8O4/c1-22-20-48-34(38(52)46(22)11-9-42-19-24-13-26(50)14-24)17-32(44-48)30-7-3-5-28(36(30)40)29-6-4-8-31(37(29)41)33-18-35-39(53)47(23(2)21-49(35)45-33)12-10-43-25-15-27(51)16-25/h3-8,17-18,20-21,24-27,42-43,50-51H,9-16,19H2,1-2H3. The van der Waals surface area contributed by atoms with E-state index < -0.39 is 0 Å². The topological polar surface area (TPSA) is 143 Å². The maximum atomic E-state index is 13.6. The van der Waals surface area contributed by atoms with E-state index in [0.29, 0.717) is 86.8 Å². The van der Waals surface area contributed by atoms with Crippen LogP contribution in [0, 0.1) is 19.8 Å². The van der Waals surface area contributed by atoms with Gasteiger partial charge in [-0.3, -0.25) is 9.59 Å². The van der Waals surface area contributed by atoms with Crippen molar-refractivity contribution in [1.29, 1.82) is 0 Å². The maximum Gasteiger partial charge on any atom is 0.276 e. The molecule has 2 aromatic carbocycles. The molecule has 4 heterocycles. The van der Waals surface area contributed by atoms with Gasteiger partial charge in [-0.25, -0.2) is 9.03 Å². The molecule has 53 heavy (non-hydrogen) atoms. The average molecular weight is 758 g/mol. The maximum absolute atomic E-state index is 13.6. The number of rotatable bonds is 12. The zero-order valence-corrected chi connectivity index (χ0v) is 31.1. The molecular weight excluding hydrogens is 715 g/mol. The van der Waals surface area contributed by atoms with Gasteiger partial charge in [0.1, 0.15) is 11.0 Å². The van der Waals surface area contributed by atoms with Crippen molar-refractivity contribution < 1.29 is 10.2 Å². The second-order valence-corrected chi connectivity index (χ2v) is 15.2. The van der Waals surface area contributed by atoms with Gasteiger partial charge in [0, 0.05) is 78.3 Å². The lowest BCUT2D eigenvalue weighted by Gasteiger charge is -2.32. The molecule has 0 saturated heterocycles. The minimum absolute atomic E-state index is 0.131. The van der Waals surface area contributed by atoms with Crippen LogP contribution in [0.15, 0.2) is 70.5 Å². The molecule has 0 amide bonds. The fraction of sp³-hybridized carbons (Fsp3) is 0.385. The first-order chi connectivity index (χ1) is 25.5. The van der Waals surface area contributed by atoms with Gasteiger partial charge in [-0.05, 0) is 64.1 Å². The Hall–Kier alpha value is -4.30. The zero-order valence-electron chi connectivity index (χ0n) is 29.6. The van der Waals surface area contributed by atoms with Crippen molar-refractivity contribution in [2.75, 3.05) is 19.6 Å². The first-order valence-electron chi connectivity index (χ1n) is 18.1. The van der Waals surface area contributed by atoms with Gasteiger partial charge in [-0.2, -0.15) is 10.2 Å². The number of benzene rings is 2. The number of fused-ring (bicyclic) bond motifs is 2. The molecule has 14 heteroatoms. The predicted octanol–water partition coefficient (Wildman–Crippen LogP) is 4.70. The molecule has 2 aliphatic rings. The summed E-state index contributed by atoms with van der Waals surface area (Å²) >= 11 is 14.2. The summed E-state index contributed by atoms with van der Waals surface area (Å²) in [6.45, 7) is 6.92. The first-order valence-corrected chi connectivity index (χ1v) is 18.9. The largest absolute Gasteiger partial charge is 0.393 e. The van der Waals surface area contributed by atoms with Crippen LogP contribution in [0.5, 0.6) is 0 Å². The third-order valence-electron chi connectivity index (χ3n) is 10.7. The Balaban J connectivity index is 1.05. The second-order valence-electron chi connectivity index (χ2n) is 14.5. The zero-order chi connectivity index (χ0) is 37.0. The van der Waals surface area contributed by atoms with Gasteiger partial charge in [0.2, 0.25) is 0 Å². The Morgan fingerprint density at radius 2 is 1.19 bits per heavy atom. The van der Waals surface area contributed by atoms with Crippen LogP contribution in [0.25, 0.3) is 44.7 Å². The van der Waals surface area contributed by atoms with Gasteiger partial charge in [-0.1, -0.05) is 59.6 Å². The highest BCUT2D eigenvalue weighted by Gasteiger charge is 2.27. The summed E-state index contributed by atoms with van der Waals surface area (Å²) in [5, 5.41) is 36.3. The number of nitrogens with zero attached hydrogens (tertiary/aromatic N) is 6. The summed E-state index contributed by atoms with van der Waals surface area (Å²) in [7, 11) is 0. The third-order valence-corrected chi connectivity index (χ3v) is 11.6. The number of aliphatic hydroxyl groups is 2. The van der Waals surface area contributed by atoms with Crippen molar-refractivity contribution in [2.24, 2.45) is 5.92 Å². The van der Waals surface area contributed by atoms with E-state index in [1.165, 1.54) is 0 Å². The van der Waals surface area contributed by atoms with E-state index in [9.17, 15) is 19.8 Å². The molecule has 0 radical (unpaired) electrons. The van der Waals surface area contributed by atoms with Crippen molar-refractivity contribution in [3.05, 3.63) is 103 Å². The summed E-state index contributed by atoms with van der Waals surface area (Å²) in [5.74, 6) is 0.489. The molecule has 276 valence electrons. The molecule has 0 spiro atoms. The van der Waals surface area contributed by atoms with Crippen molar-refractivity contribution in [1.82, 2.24) is 39.0 Å². The summed E-state index contributed by atoms with van der Waals surface area (Å²) in [4.78, 5) is 27.2. The van der Waals surface area contributed by atoms with Gasteiger partial charge < -0.3 is 30.0 Å². The van der Waals surface area contributed by atoms with Crippen LogP contribution in [0.2, 0.25) is 10.0 Å². The van der Waals surface area contributed by atoms with Gasteiger partial charge in [-0.15, -0.1) is 0 Å². The molecule has 6 aromatic rings. The molecule has 4 aromatic heterocycles. The Morgan fingerprint density at radius 3 is 1.68 bits per heavy atom. The van der Waals surface area contributed by atoms with Gasteiger partial charge >= 0.3 is 0 Å². The van der Waals surface area contributed by atoms with Gasteiger partial charge in [0.15, 0.2) is 0 Å². The Bertz CT molecular complexity index is 2460. The van der Waals surface area contributed by atoms with Crippen molar-refractivity contribution >= 4 is 34.2 Å². The Kier molecular flexibility index (Phi) is 9.77. The van der Waals surface area contributed by atoms with E-state index in [4.69, 9.17) is 33.4 Å². The van der Waals surface area contributed by atoms with Crippen LogP contribution in [0.4, 0.5) is 0 Å². The summed E-state index contributed by atoms with van der Waals surface area (Å²) in [6, 6.07) is 15.1. The molecule has 2 saturated carbocycles. The lowest BCUT2D eigenvalue weighted by molar-refractivity contribution is 0.0431. The van der Waals surface area contributed by atoms with E-state index in [2.05, 4.69) is 10.6 Å². The van der Waals surface area contributed by atoms with Gasteiger partial charge in [0.05, 0.1) is 33.6 Å². The van der Waals surface area contributed by atoms with E-state index in [-0.39, 0.29) is 29.4 Å². The molecule has 0 atom stereocenters. The molecule has 2 aliphatic carbocycles. The molecule has 2 fully saturated rings. The van der Waals surface area contributed by atoms with Crippen LogP contribution in [0.1, 0.15) is 37.1 Å². The fourth-order valence-corrected chi connectivity index (χ4v) is 8.24. The Labute approximate surface area is 315 Å². The third kappa shape index (κ3) is 6.84. The number of aryl methyl sites for hydroxylation is 2. The van der Waals surface area contributed by atoms with Crippen LogP contribution >= 0.6 is 23.2 Å². The fourth-order valence-electron chi connectivity index (χ4n) is 7.59. The minimum Gasteiger partial charge on any atom is -0.393 e. The van der Waals surface area contributed by atoms with Crippen molar-refractivity contribution in [3.63, 3.8) is 0 Å². The molecular formula is C39H42Cl2N8O4. The lowest BCUT2D eigenvalue weighted by Crippen LogP contribution is -2.45. The highest BCUT2D eigenvalue weighted by atomic mass is 35.5. The monoisotopic (exact) mass is 756 g/mol. The molecule has 0 bridgehead atoms. The van der Waals surface area contributed by atoms with Crippen molar-refractivity contribution in [2.45, 2.75) is 70.9 Å². The molecule has 8 rings (SSSR count). The van der Waals surface area contributed by atoms with E-state index in [0.717, 1.165) is 43.6 Å². The quantitative estimate of drug-likeness (QED) is 0.132. The SMILES string of the molecule is Cc1cn2nc(-c3cccc(-c4cccc(-c5cc6c(=O)n(CCNC7CC(O)C7)c(C)cn6n5)c4Cl)c3Cl)cc2c(=O)n1CCNCC1CC(O)C1. The summed E-state index contributed by atoms with van der Waals surface area (Å²) in [6.07, 6.45) is 6.43. The first kappa shape index (κ1) is 35.7. The minimum atomic E-state index is -0.232. The predicted molar refractivity (Wildman–Crippen MR) is 207 cm³/mol. The van der Waals surface area contributed by atoms with Crippen molar-refractivity contribution in [3.8, 4) is 33.6 Å². The Morgan fingerprint density at radius 1 is 0.717 bits per heavy atom. The highest BCUT2D eigenvalue weighted by Crippen LogP contribution is 2.42. The number of halogens is 2. The van der Waals surface area contributed by atoms with Crippen LogP contribution < -0.4 is 21.8 Å². The van der Waals surface area contributed by atoms with Crippen LogP contribution in [-0.2, 0) is 13.1 Å². The summed E-state index contributed by atoms with van der Waals surface area (Å²) < 4.78 is 6.71. The second kappa shape index (κ2) is 14.5.